The van der Waals surface area contributed by atoms with Crippen molar-refractivity contribution in [1.29, 1.82) is 0 Å². The van der Waals surface area contributed by atoms with Crippen LogP contribution in [0.5, 0.6) is 0 Å². The van der Waals surface area contributed by atoms with E-state index in [0.29, 0.717) is 25.9 Å². The van der Waals surface area contributed by atoms with Crippen molar-refractivity contribution in [2.45, 2.75) is 6.92 Å². The molecule has 0 saturated heterocycles. The Bertz CT molecular complexity index is 54.3. The number of hydrogen-bond donors (Lipinski definition) is 1. The smallest absolute Gasteiger partial charge is 0.116 e. The van der Waals surface area contributed by atoms with E-state index in [9.17, 15) is 0 Å². The second-order valence-corrected chi connectivity index (χ2v) is 1.78. The van der Waals surface area contributed by atoms with Gasteiger partial charge in [-0.05, 0) is 6.92 Å². The first-order valence-electron chi connectivity index (χ1n) is 2.85. The lowest BCUT2D eigenvalue weighted by Gasteiger charge is -2.03. The molecule has 3 nitrogen and oxygen atoms in total. The summed E-state index contributed by atoms with van der Waals surface area (Å²) < 4.78 is 9.63. The molecule has 0 saturated carbocycles. The highest BCUT2D eigenvalue weighted by Crippen LogP contribution is 1.89. The Balaban J connectivity index is 2.75. The minimum Gasteiger partial charge on any atom is -0.385 e. The van der Waals surface area contributed by atoms with Crippen LogP contribution in [0, 0.1) is 6.10 Å². The standard InChI is InChI=1S/C6H13O3/c1-6(7)5-9-4-3-8-2/h7H,3-5H2,1-2H3. The molecule has 9 heavy (non-hydrogen) atoms. The molecule has 1 radical (unpaired) electrons. The van der Waals surface area contributed by atoms with Gasteiger partial charge in [0.15, 0.2) is 0 Å². The van der Waals surface area contributed by atoms with Gasteiger partial charge < -0.3 is 14.6 Å². The molecule has 0 aliphatic carbocycles. The van der Waals surface area contributed by atoms with Gasteiger partial charge in [-0.2, -0.15) is 0 Å². The molecule has 0 aliphatic rings. The summed E-state index contributed by atoms with van der Waals surface area (Å²) in [4.78, 5) is 0. The maximum Gasteiger partial charge on any atom is 0.116 e. The van der Waals surface area contributed by atoms with Gasteiger partial charge in [-0.25, -0.2) is 0 Å². The fraction of sp³-hybridized carbons (Fsp3) is 0.833. The van der Waals surface area contributed by atoms with Crippen molar-refractivity contribution in [3.8, 4) is 0 Å². The van der Waals surface area contributed by atoms with Gasteiger partial charge in [-0.1, -0.05) is 0 Å². The number of methoxy groups -OCH3 is 1. The Labute approximate surface area is 55.6 Å². The van der Waals surface area contributed by atoms with Gasteiger partial charge in [0, 0.05) is 7.11 Å². The summed E-state index contributed by atoms with van der Waals surface area (Å²) in [6.45, 7) is 3.03. The van der Waals surface area contributed by atoms with Gasteiger partial charge in [0.1, 0.15) is 6.10 Å². The number of aliphatic hydroxyl groups excluding tert-OH is 1. The maximum atomic E-state index is 8.60. The lowest BCUT2D eigenvalue weighted by molar-refractivity contribution is 0.0538. The van der Waals surface area contributed by atoms with Crippen LogP contribution < -0.4 is 0 Å². The van der Waals surface area contributed by atoms with Crippen molar-refractivity contribution in [2.75, 3.05) is 26.9 Å². The minimum absolute atomic E-state index is 0.297. The van der Waals surface area contributed by atoms with E-state index in [0.717, 1.165) is 0 Å². The average Bonchev–Trinajstić information content (AvgIpc) is 1.80. The fourth-order valence-electron chi connectivity index (χ4n) is 0.362. The zero-order chi connectivity index (χ0) is 7.11. The van der Waals surface area contributed by atoms with Crippen LogP contribution in [-0.4, -0.2) is 32.0 Å². The molecule has 0 atom stereocenters. The van der Waals surface area contributed by atoms with Gasteiger partial charge in [-0.15, -0.1) is 0 Å². The van der Waals surface area contributed by atoms with E-state index in [2.05, 4.69) is 0 Å². The molecule has 0 amide bonds. The molecular formula is C6H13O3. The summed E-state index contributed by atoms with van der Waals surface area (Å²) in [6, 6.07) is 0. The van der Waals surface area contributed by atoms with Gasteiger partial charge in [0.25, 0.3) is 0 Å². The third-order valence-corrected chi connectivity index (χ3v) is 0.743. The predicted octanol–water partition coefficient (Wildman–Crippen LogP) is 0.574. The summed E-state index contributed by atoms with van der Waals surface area (Å²) in [7, 11) is 1.61. The zero-order valence-electron chi connectivity index (χ0n) is 5.89. The molecule has 55 valence electrons. The lowest BCUT2D eigenvalue weighted by atomic mass is 10.4. The molecule has 1 N–H and O–H groups in total. The summed E-state index contributed by atoms with van der Waals surface area (Å²) in [5, 5.41) is 8.60. The van der Waals surface area contributed by atoms with Crippen LogP contribution in [-0.2, 0) is 9.47 Å². The van der Waals surface area contributed by atoms with Crippen LogP contribution in [0.2, 0.25) is 0 Å². The van der Waals surface area contributed by atoms with E-state index < -0.39 is 0 Å². The Morgan fingerprint density at radius 3 is 2.56 bits per heavy atom. The summed E-state index contributed by atoms with van der Waals surface area (Å²) >= 11 is 0. The summed E-state index contributed by atoms with van der Waals surface area (Å²) in [6.07, 6.45) is 0.297. The van der Waals surface area contributed by atoms with Crippen molar-refractivity contribution < 1.29 is 14.6 Å². The molecule has 0 unspecified atom stereocenters. The maximum absolute atomic E-state index is 8.60. The van der Waals surface area contributed by atoms with Crippen LogP contribution >= 0.6 is 0 Å². The Hall–Kier alpha value is -0.120. The fourth-order valence-corrected chi connectivity index (χ4v) is 0.362. The van der Waals surface area contributed by atoms with Crippen LogP contribution in [0.3, 0.4) is 0 Å². The average molecular weight is 133 g/mol. The van der Waals surface area contributed by atoms with Crippen LogP contribution in [0.15, 0.2) is 0 Å². The largest absolute Gasteiger partial charge is 0.385 e. The summed E-state index contributed by atoms with van der Waals surface area (Å²) in [5.41, 5.74) is 0. The first-order valence-corrected chi connectivity index (χ1v) is 2.85. The molecule has 3 heteroatoms. The Morgan fingerprint density at radius 2 is 2.11 bits per heavy atom. The number of ether oxygens (including phenoxy) is 2. The molecule has 0 aromatic rings. The Kier molecular flexibility index (Phi) is 5.93. The molecular weight excluding hydrogens is 120 g/mol. The van der Waals surface area contributed by atoms with Gasteiger partial charge >= 0.3 is 0 Å². The lowest BCUT2D eigenvalue weighted by Crippen LogP contribution is -2.07. The molecule has 0 rings (SSSR count). The molecule has 0 heterocycles. The van der Waals surface area contributed by atoms with E-state index >= 15 is 0 Å². The number of hydrogen-bond acceptors (Lipinski definition) is 3. The van der Waals surface area contributed by atoms with E-state index in [1.165, 1.54) is 0 Å². The predicted molar refractivity (Wildman–Crippen MR) is 33.5 cm³/mol. The molecule has 0 fully saturated rings. The second kappa shape index (κ2) is 6.01. The van der Waals surface area contributed by atoms with E-state index in [-0.39, 0.29) is 0 Å². The van der Waals surface area contributed by atoms with Crippen molar-refractivity contribution >= 4 is 0 Å². The third-order valence-electron chi connectivity index (χ3n) is 0.743. The topological polar surface area (TPSA) is 38.7 Å². The van der Waals surface area contributed by atoms with E-state index in [1.807, 2.05) is 0 Å². The monoisotopic (exact) mass is 133 g/mol. The number of aliphatic hydroxyl groups is 1. The molecule has 0 aromatic carbocycles. The zero-order valence-corrected chi connectivity index (χ0v) is 5.89. The van der Waals surface area contributed by atoms with Crippen LogP contribution in [0.1, 0.15) is 6.92 Å². The first-order chi connectivity index (χ1) is 4.27. The molecule has 0 aromatic heterocycles. The Morgan fingerprint density at radius 1 is 1.44 bits per heavy atom. The van der Waals surface area contributed by atoms with E-state index in [4.69, 9.17) is 14.6 Å². The minimum atomic E-state index is 0.297. The van der Waals surface area contributed by atoms with Crippen LogP contribution in [0.4, 0.5) is 0 Å². The highest BCUT2D eigenvalue weighted by atomic mass is 16.5. The van der Waals surface area contributed by atoms with Gasteiger partial charge in [-0.3, -0.25) is 0 Å². The SMILES string of the molecule is COCCOC[C](C)O. The van der Waals surface area contributed by atoms with Gasteiger partial charge in [0.05, 0.1) is 19.8 Å². The molecule has 0 aliphatic heterocycles. The highest BCUT2D eigenvalue weighted by Gasteiger charge is 1.94. The summed E-state index contributed by atoms with van der Waals surface area (Å²) in [5.74, 6) is 0. The second-order valence-electron chi connectivity index (χ2n) is 1.78. The third kappa shape index (κ3) is 7.88. The quantitative estimate of drug-likeness (QED) is 0.557. The van der Waals surface area contributed by atoms with Crippen molar-refractivity contribution in [3.05, 3.63) is 6.10 Å². The normalized spacial score (nSPS) is 10.7. The van der Waals surface area contributed by atoms with Crippen LogP contribution in [0.25, 0.3) is 0 Å². The number of rotatable bonds is 5. The van der Waals surface area contributed by atoms with E-state index in [1.54, 1.807) is 14.0 Å². The highest BCUT2D eigenvalue weighted by molar-refractivity contribution is 4.64. The van der Waals surface area contributed by atoms with Crippen molar-refractivity contribution in [2.24, 2.45) is 0 Å². The molecule has 0 bridgehead atoms. The first kappa shape index (κ1) is 8.88. The van der Waals surface area contributed by atoms with Crippen molar-refractivity contribution in [1.82, 2.24) is 0 Å². The molecule has 0 spiro atoms. The van der Waals surface area contributed by atoms with Crippen molar-refractivity contribution in [3.63, 3.8) is 0 Å². The van der Waals surface area contributed by atoms with Gasteiger partial charge in [0.2, 0.25) is 0 Å².